The van der Waals surface area contributed by atoms with E-state index < -0.39 is 11.8 Å². The molecule has 2 heterocycles. The number of nitrogens with zero attached hydrogens (tertiary/aromatic N) is 1. The maximum atomic E-state index is 12.9. The first-order chi connectivity index (χ1) is 17.8. The van der Waals surface area contributed by atoms with Gasteiger partial charge in [0.05, 0.1) is 16.4 Å². The topological polar surface area (TPSA) is 97.0 Å². The van der Waals surface area contributed by atoms with Gasteiger partial charge in [0.1, 0.15) is 0 Å². The molecule has 1 aliphatic rings. The Balaban J connectivity index is 1.42. The second-order valence-corrected chi connectivity index (χ2v) is 10.4. The van der Waals surface area contributed by atoms with Crippen LogP contribution < -0.4 is 20.2 Å². The van der Waals surface area contributed by atoms with E-state index in [1.165, 1.54) is 11.3 Å². The third kappa shape index (κ3) is 6.76. The summed E-state index contributed by atoms with van der Waals surface area (Å²) in [5.74, 6) is -0.302. The van der Waals surface area contributed by atoms with E-state index in [2.05, 4.69) is 10.7 Å². The second-order valence-electron chi connectivity index (χ2n) is 7.78. The molecule has 3 amide bonds. The lowest BCUT2D eigenvalue weighted by molar-refractivity contribution is -0.123. The van der Waals surface area contributed by atoms with Crippen LogP contribution in [0.2, 0.25) is 0 Å². The number of hydrogen-bond donors (Lipinski definition) is 2. The van der Waals surface area contributed by atoms with Gasteiger partial charge < -0.3 is 14.8 Å². The molecule has 11 heteroatoms. The number of thiocarbonyl (C=S) groups is 1. The van der Waals surface area contributed by atoms with Crippen molar-refractivity contribution < 1.29 is 23.9 Å². The lowest BCUT2D eigenvalue weighted by atomic mass is 10.2. The zero-order chi connectivity index (χ0) is 26.4. The summed E-state index contributed by atoms with van der Waals surface area (Å²) in [6.45, 7) is 3.99. The minimum atomic E-state index is -0.425. The molecular weight excluding hydrogens is 531 g/mol. The fourth-order valence-electron chi connectivity index (χ4n) is 3.26. The number of amides is 3. The van der Waals surface area contributed by atoms with Gasteiger partial charge in [-0.3, -0.25) is 19.8 Å². The summed E-state index contributed by atoms with van der Waals surface area (Å²) in [5, 5.41) is 5.63. The number of nitrogens with one attached hydrogen (secondary N) is 2. The van der Waals surface area contributed by atoms with E-state index >= 15 is 0 Å². The van der Waals surface area contributed by atoms with Crippen molar-refractivity contribution >= 4 is 69.1 Å². The Labute approximate surface area is 227 Å². The molecule has 0 saturated carbocycles. The van der Waals surface area contributed by atoms with Crippen LogP contribution >= 0.6 is 35.3 Å². The van der Waals surface area contributed by atoms with Crippen LogP contribution in [-0.2, 0) is 9.59 Å². The maximum absolute atomic E-state index is 12.9. The summed E-state index contributed by atoms with van der Waals surface area (Å²) < 4.78 is 11.6. The molecule has 0 unspecified atom stereocenters. The highest BCUT2D eigenvalue weighted by Gasteiger charge is 2.34. The Hall–Kier alpha value is -3.67. The largest absolute Gasteiger partial charge is 0.490 e. The molecule has 2 aromatic carbocycles. The normalized spacial score (nSPS) is 14.1. The van der Waals surface area contributed by atoms with Crippen LogP contribution in [0.5, 0.6) is 11.5 Å². The molecule has 1 fully saturated rings. The Bertz CT molecular complexity index is 1350. The number of carbonyl (C=O) groups is 3. The number of anilines is 1. The average Bonchev–Trinajstić information content (AvgIpc) is 3.50. The van der Waals surface area contributed by atoms with Crippen molar-refractivity contribution in [2.45, 2.75) is 13.8 Å². The molecule has 0 atom stereocenters. The fourth-order valence-corrected chi connectivity index (χ4v) is 5.05. The Morgan fingerprint density at radius 1 is 1.08 bits per heavy atom. The van der Waals surface area contributed by atoms with Crippen LogP contribution in [0.4, 0.5) is 5.69 Å². The molecule has 0 bridgehead atoms. The molecule has 4 rings (SSSR count). The van der Waals surface area contributed by atoms with Gasteiger partial charge in [0.25, 0.3) is 17.7 Å². The summed E-state index contributed by atoms with van der Waals surface area (Å²) >= 11 is 7.65. The van der Waals surface area contributed by atoms with Gasteiger partial charge in [-0.1, -0.05) is 41.6 Å². The van der Waals surface area contributed by atoms with Gasteiger partial charge in [0.2, 0.25) is 0 Å². The number of thiophene rings is 1. The lowest BCUT2D eigenvalue weighted by Gasteiger charge is -2.14. The molecule has 8 nitrogen and oxygen atoms in total. The van der Waals surface area contributed by atoms with Crippen LogP contribution in [0, 0.1) is 6.92 Å². The third-order valence-corrected chi connectivity index (χ3v) is 7.18. The van der Waals surface area contributed by atoms with Crippen LogP contribution in [-0.4, -0.2) is 40.3 Å². The predicted octanol–water partition coefficient (Wildman–Crippen LogP) is 5.02. The number of carbonyl (C=O) groups excluding carboxylic acids is 3. The summed E-state index contributed by atoms with van der Waals surface area (Å²) in [4.78, 5) is 38.4. The third-order valence-electron chi connectivity index (χ3n) is 5.01. The molecular formula is C26H23N3O5S3. The Morgan fingerprint density at radius 2 is 1.86 bits per heavy atom. The lowest BCUT2D eigenvalue weighted by Crippen LogP contribution is -2.44. The Morgan fingerprint density at radius 3 is 2.57 bits per heavy atom. The molecule has 1 saturated heterocycles. The van der Waals surface area contributed by atoms with E-state index in [0.717, 1.165) is 22.3 Å². The molecule has 2 N–H and O–H groups in total. The van der Waals surface area contributed by atoms with Gasteiger partial charge in [-0.25, -0.2) is 0 Å². The van der Waals surface area contributed by atoms with Crippen LogP contribution in [0.25, 0.3) is 6.08 Å². The number of rotatable bonds is 9. The number of aryl methyl sites for hydroxylation is 1. The van der Waals surface area contributed by atoms with Gasteiger partial charge in [0, 0.05) is 5.69 Å². The minimum Gasteiger partial charge on any atom is -0.490 e. The summed E-state index contributed by atoms with van der Waals surface area (Å²) in [7, 11) is 0. The number of ether oxygens (including phenoxy) is 2. The highest BCUT2D eigenvalue weighted by Crippen LogP contribution is 2.34. The molecule has 190 valence electrons. The van der Waals surface area contributed by atoms with Crippen LogP contribution in [0.15, 0.2) is 64.9 Å². The van der Waals surface area contributed by atoms with E-state index in [9.17, 15) is 14.4 Å². The molecule has 1 aromatic heterocycles. The van der Waals surface area contributed by atoms with Gasteiger partial charge >= 0.3 is 0 Å². The molecule has 37 heavy (non-hydrogen) atoms. The smallest absolute Gasteiger partial charge is 0.285 e. The van der Waals surface area contributed by atoms with E-state index in [0.29, 0.717) is 39.1 Å². The average molecular weight is 554 g/mol. The minimum absolute atomic E-state index is 0.199. The van der Waals surface area contributed by atoms with Crippen molar-refractivity contribution in [3.05, 3.63) is 80.9 Å². The van der Waals surface area contributed by atoms with Crippen molar-refractivity contribution in [3.63, 3.8) is 0 Å². The van der Waals surface area contributed by atoms with E-state index in [1.807, 2.05) is 38.1 Å². The SMILES string of the molecule is CCOc1cc(/C=C2\SC(=S)N(NC(=O)c3cccs3)C2=O)ccc1OCC(=O)Nc1ccc(C)cc1. The van der Waals surface area contributed by atoms with E-state index in [1.54, 1.807) is 41.8 Å². The summed E-state index contributed by atoms with van der Waals surface area (Å²) in [5.41, 5.74) is 5.01. The van der Waals surface area contributed by atoms with E-state index in [-0.39, 0.29) is 16.8 Å². The molecule has 0 spiro atoms. The van der Waals surface area contributed by atoms with Gasteiger partial charge in [-0.05, 0) is 73.4 Å². The first kappa shape index (κ1) is 26.4. The molecule has 0 radical (unpaired) electrons. The maximum Gasteiger partial charge on any atom is 0.285 e. The van der Waals surface area contributed by atoms with Crippen LogP contribution in [0.1, 0.15) is 27.7 Å². The summed E-state index contributed by atoms with van der Waals surface area (Å²) in [6, 6.07) is 16.0. The quantitative estimate of drug-likeness (QED) is 0.284. The number of hydrazine groups is 1. The zero-order valence-corrected chi connectivity index (χ0v) is 22.4. The number of benzene rings is 2. The highest BCUT2D eigenvalue weighted by atomic mass is 32.2. The molecule has 1 aliphatic heterocycles. The Kier molecular flexibility index (Phi) is 8.59. The molecule has 3 aromatic rings. The first-order valence-electron chi connectivity index (χ1n) is 11.2. The van der Waals surface area contributed by atoms with Gasteiger partial charge in [-0.2, -0.15) is 5.01 Å². The standard InChI is InChI=1S/C26H23N3O5S3/c1-3-33-20-13-17(8-11-19(20)34-15-23(30)27-18-9-6-16(2)7-10-18)14-22-25(32)29(26(35)37-22)28-24(31)21-5-4-12-36-21/h4-14H,3,15H2,1-2H3,(H,27,30)(H,28,31)/b22-14-. The van der Waals surface area contributed by atoms with Crippen molar-refractivity contribution in [2.75, 3.05) is 18.5 Å². The summed E-state index contributed by atoms with van der Waals surface area (Å²) in [6.07, 6.45) is 1.66. The first-order valence-corrected chi connectivity index (χ1v) is 13.3. The van der Waals surface area contributed by atoms with Crippen LogP contribution in [0.3, 0.4) is 0 Å². The van der Waals surface area contributed by atoms with Crippen molar-refractivity contribution in [1.29, 1.82) is 0 Å². The number of hydrogen-bond acceptors (Lipinski definition) is 8. The zero-order valence-electron chi connectivity index (χ0n) is 20.0. The second kappa shape index (κ2) is 12.0. The molecule has 0 aliphatic carbocycles. The highest BCUT2D eigenvalue weighted by molar-refractivity contribution is 8.26. The van der Waals surface area contributed by atoms with Crippen molar-refractivity contribution in [2.24, 2.45) is 0 Å². The predicted molar refractivity (Wildman–Crippen MR) is 150 cm³/mol. The number of thioether (sulfide) groups is 1. The van der Waals surface area contributed by atoms with Crippen molar-refractivity contribution in [1.82, 2.24) is 10.4 Å². The van der Waals surface area contributed by atoms with Gasteiger partial charge in [-0.15, -0.1) is 11.3 Å². The van der Waals surface area contributed by atoms with E-state index in [4.69, 9.17) is 21.7 Å². The fraction of sp³-hybridized carbons (Fsp3) is 0.154. The van der Waals surface area contributed by atoms with Gasteiger partial charge in [0.15, 0.2) is 22.4 Å². The van der Waals surface area contributed by atoms with Crippen molar-refractivity contribution in [3.8, 4) is 11.5 Å². The monoisotopic (exact) mass is 553 g/mol.